The largest absolute Gasteiger partial charge is 0.461 e. The Hall–Kier alpha value is -1.95. The maximum absolute atomic E-state index is 11.8. The fraction of sp³-hybridized carbons (Fsp3) is 0.231. The number of fused-ring (bicyclic) bond motifs is 1. The van der Waals surface area contributed by atoms with E-state index in [0.29, 0.717) is 11.5 Å². The molecule has 0 saturated heterocycles. The van der Waals surface area contributed by atoms with E-state index >= 15 is 0 Å². The van der Waals surface area contributed by atoms with Crippen LogP contribution in [0.25, 0.3) is 0 Å². The average molecular weight is 279 g/mol. The number of benzene rings is 1. The Balaban J connectivity index is 2.24. The zero-order chi connectivity index (χ0) is 13.7. The lowest BCUT2D eigenvalue weighted by Crippen LogP contribution is -2.23. The van der Waals surface area contributed by atoms with E-state index in [0.717, 1.165) is 4.90 Å². The first-order valence-corrected chi connectivity index (χ1v) is 6.56. The molecule has 100 valence electrons. The van der Waals surface area contributed by atoms with Gasteiger partial charge in [0.15, 0.2) is 5.76 Å². The van der Waals surface area contributed by atoms with Crippen molar-refractivity contribution in [3.63, 3.8) is 0 Å². The highest BCUT2D eigenvalue weighted by atomic mass is 32.2. The van der Waals surface area contributed by atoms with Crippen LogP contribution in [0.15, 0.2) is 45.5 Å². The van der Waals surface area contributed by atoms with Crippen molar-refractivity contribution in [2.45, 2.75) is 11.8 Å². The van der Waals surface area contributed by atoms with Crippen molar-refractivity contribution in [1.82, 2.24) is 0 Å². The molecule has 2 rings (SSSR count). The summed E-state index contributed by atoms with van der Waals surface area (Å²) in [5, 5.41) is 5.38. The third-order valence-electron chi connectivity index (χ3n) is 2.25. The molecular weight excluding hydrogens is 266 g/mol. The van der Waals surface area contributed by atoms with Crippen LogP contribution in [-0.4, -0.2) is 25.4 Å². The van der Waals surface area contributed by atoms with Crippen LogP contribution in [0.2, 0.25) is 0 Å². The fourth-order valence-corrected chi connectivity index (χ4v) is 2.25. The van der Waals surface area contributed by atoms with E-state index < -0.39 is 5.97 Å². The molecule has 1 aliphatic rings. The quantitative estimate of drug-likeness (QED) is 0.481. The summed E-state index contributed by atoms with van der Waals surface area (Å²) in [6.45, 7) is 1.99. The first-order valence-electron chi connectivity index (χ1n) is 5.68. The van der Waals surface area contributed by atoms with Gasteiger partial charge >= 0.3 is 5.97 Å². The van der Waals surface area contributed by atoms with Gasteiger partial charge in [-0.1, -0.05) is 29.1 Å². The topological polar surface area (TPSA) is 57.1 Å². The van der Waals surface area contributed by atoms with E-state index in [1.807, 2.05) is 24.3 Å². The molecule has 0 aromatic heterocycles. The summed E-state index contributed by atoms with van der Waals surface area (Å²) in [5.41, 5.74) is 0.0198. The monoisotopic (exact) mass is 279 g/mol. The van der Waals surface area contributed by atoms with Crippen LogP contribution in [-0.2, 0) is 14.4 Å². The number of nitrogens with zero attached hydrogens (tertiary/aromatic N) is 1. The van der Waals surface area contributed by atoms with Gasteiger partial charge in [0.1, 0.15) is 12.9 Å². The molecule has 6 heteroatoms. The number of rotatable bonds is 4. The summed E-state index contributed by atoms with van der Waals surface area (Å²) in [6.07, 6.45) is 0. The molecule has 1 aromatic carbocycles. The second-order valence-electron chi connectivity index (χ2n) is 3.49. The fourth-order valence-electron chi connectivity index (χ4n) is 1.47. The zero-order valence-corrected chi connectivity index (χ0v) is 11.4. The molecule has 1 aliphatic heterocycles. The van der Waals surface area contributed by atoms with Crippen molar-refractivity contribution in [1.29, 1.82) is 0 Å². The number of carbonyl (C=O) groups is 1. The molecule has 0 spiro atoms. The Morgan fingerprint density at radius 1 is 1.42 bits per heavy atom. The molecule has 0 aliphatic carbocycles. The second-order valence-corrected chi connectivity index (χ2v) is 4.40. The van der Waals surface area contributed by atoms with Gasteiger partial charge in [-0.15, -0.1) is 0 Å². The van der Waals surface area contributed by atoms with Crippen molar-refractivity contribution in [3.8, 4) is 5.75 Å². The second kappa shape index (κ2) is 6.29. The molecule has 0 unspecified atom stereocenters. The summed E-state index contributed by atoms with van der Waals surface area (Å²) in [7, 11) is 1.36. The minimum Gasteiger partial charge on any atom is -0.461 e. The third-order valence-corrected chi connectivity index (χ3v) is 3.17. The number of ether oxygens (including phenoxy) is 2. The van der Waals surface area contributed by atoms with Crippen LogP contribution >= 0.6 is 11.8 Å². The van der Waals surface area contributed by atoms with Gasteiger partial charge < -0.3 is 14.3 Å². The molecule has 0 fully saturated rings. The van der Waals surface area contributed by atoms with Gasteiger partial charge in [0.2, 0.25) is 5.71 Å². The maximum Gasteiger partial charge on any atom is 0.364 e. The minimum absolute atomic E-state index is 0.0198. The standard InChI is InChI=1S/C13H13NO4S/c1-3-17-13(15)12(14-16-2)10-8-19-11-7-5-4-6-9(11)18-10/h4-8H,3H2,1-2H3/b14-12-. The molecule has 1 heterocycles. The van der Waals surface area contributed by atoms with Gasteiger partial charge in [-0.3, -0.25) is 0 Å². The van der Waals surface area contributed by atoms with Crippen LogP contribution in [0.3, 0.4) is 0 Å². The molecule has 0 amide bonds. The SMILES string of the molecule is CCOC(=O)/C(=N\OC)C1=CSc2ccccc2O1. The smallest absolute Gasteiger partial charge is 0.364 e. The first kappa shape index (κ1) is 13.5. The van der Waals surface area contributed by atoms with Crippen LogP contribution in [0, 0.1) is 0 Å². The molecule has 19 heavy (non-hydrogen) atoms. The number of esters is 1. The number of hydrogen-bond donors (Lipinski definition) is 0. The van der Waals surface area contributed by atoms with Crippen molar-refractivity contribution < 1.29 is 19.1 Å². The molecular formula is C13H13NO4S. The lowest BCUT2D eigenvalue weighted by Gasteiger charge is -2.17. The van der Waals surface area contributed by atoms with Crippen molar-refractivity contribution in [3.05, 3.63) is 35.4 Å². The van der Waals surface area contributed by atoms with Crippen LogP contribution in [0.1, 0.15) is 6.92 Å². The van der Waals surface area contributed by atoms with Crippen molar-refractivity contribution in [2.75, 3.05) is 13.7 Å². The van der Waals surface area contributed by atoms with Gasteiger partial charge in [-0.2, -0.15) is 0 Å². The van der Waals surface area contributed by atoms with Crippen molar-refractivity contribution in [2.24, 2.45) is 5.16 Å². The minimum atomic E-state index is -0.574. The lowest BCUT2D eigenvalue weighted by atomic mass is 10.3. The van der Waals surface area contributed by atoms with E-state index in [1.165, 1.54) is 18.9 Å². The predicted molar refractivity (Wildman–Crippen MR) is 72.1 cm³/mol. The highest BCUT2D eigenvalue weighted by Crippen LogP contribution is 2.36. The highest BCUT2D eigenvalue weighted by molar-refractivity contribution is 8.02. The van der Waals surface area contributed by atoms with Crippen molar-refractivity contribution >= 4 is 23.4 Å². The predicted octanol–water partition coefficient (Wildman–Crippen LogP) is 2.58. The first-order chi connectivity index (χ1) is 9.26. The third kappa shape index (κ3) is 3.08. The lowest BCUT2D eigenvalue weighted by molar-refractivity contribution is -0.135. The highest BCUT2D eigenvalue weighted by Gasteiger charge is 2.24. The van der Waals surface area contributed by atoms with Crippen LogP contribution < -0.4 is 4.74 Å². The van der Waals surface area contributed by atoms with Crippen LogP contribution in [0.4, 0.5) is 0 Å². The van der Waals surface area contributed by atoms with Gasteiger partial charge in [0.25, 0.3) is 0 Å². The molecule has 0 radical (unpaired) electrons. The summed E-state index contributed by atoms with van der Waals surface area (Å²) < 4.78 is 10.6. The summed E-state index contributed by atoms with van der Waals surface area (Å²) >= 11 is 1.46. The number of carbonyl (C=O) groups excluding carboxylic acids is 1. The Kier molecular flexibility index (Phi) is 4.46. The Labute approximate surface area is 115 Å². The molecule has 0 atom stereocenters. The summed E-state index contributed by atoms with van der Waals surface area (Å²) in [4.78, 5) is 17.4. The number of hydrogen-bond acceptors (Lipinski definition) is 6. The van der Waals surface area contributed by atoms with Gasteiger partial charge in [0.05, 0.1) is 11.5 Å². The summed E-state index contributed by atoms with van der Waals surface area (Å²) in [5.74, 6) is 0.428. The van der Waals surface area contributed by atoms with E-state index in [2.05, 4.69) is 9.99 Å². The summed E-state index contributed by atoms with van der Waals surface area (Å²) in [6, 6.07) is 7.54. The van der Waals surface area contributed by atoms with Gasteiger partial charge in [0, 0.05) is 5.41 Å². The van der Waals surface area contributed by atoms with Gasteiger partial charge in [-0.25, -0.2) is 4.79 Å². The van der Waals surface area contributed by atoms with E-state index in [-0.39, 0.29) is 12.3 Å². The Morgan fingerprint density at radius 3 is 2.95 bits per heavy atom. The normalized spacial score (nSPS) is 14.0. The molecule has 5 nitrogen and oxygen atoms in total. The Morgan fingerprint density at radius 2 is 2.21 bits per heavy atom. The van der Waals surface area contributed by atoms with Crippen LogP contribution in [0.5, 0.6) is 5.75 Å². The van der Waals surface area contributed by atoms with E-state index in [1.54, 1.807) is 12.3 Å². The van der Waals surface area contributed by atoms with E-state index in [9.17, 15) is 4.79 Å². The zero-order valence-electron chi connectivity index (χ0n) is 10.6. The number of para-hydroxylation sites is 1. The molecule has 0 bridgehead atoms. The number of thioether (sulfide) groups is 1. The molecule has 0 saturated carbocycles. The van der Waals surface area contributed by atoms with Gasteiger partial charge in [-0.05, 0) is 19.1 Å². The number of oxime groups is 1. The molecule has 1 aromatic rings. The average Bonchev–Trinajstić information content (AvgIpc) is 2.44. The Bertz CT molecular complexity index is 539. The van der Waals surface area contributed by atoms with E-state index in [4.69, 9.17) is 9.47 Å². The molecule has 0 N–H and O–H groups in total. The maximum atomic E-state index is 11.8.